The van der Waals surface area contributed by atoms with Gasteiger partial charge in [-0.25, -0.2) is 4.39 Å². The quantitative estimate of drug-likeness (QED) is 0.858. The van der Waals surface area contributed by atoms with Gasteiger partial charge in [0.25, 0.3) is 0 Å². The molecule has 2 bridgehead atoms. The predicted molar refractivity (Wildman–Crippen MR) is 75.9 cm³/mol. The Kier molecular flexibility index (Phi) is 4.10. The first-order valence-corrected chi connectivity index (χ1v) is 8.03. The van der Waals surface area contributed by atoms with Crippen LogP contribution in [0.3, 0.4) is 0 Å². The van der Waals surface area contributed by atoms with Crippen LogP contribution in [0.5, 0.6) is 0 Å². The molecule has 3 rings (SSSR count). The van der Waals surface area contributed by atoms with E-state index in [1.807, 2.05) is 12.1 Å². The largest absolute Gasteiger partial charge is 0.393 e. The summed E-state index contributed by atoms with van der Waals surface area (Å²) in [4.78, 5) is 3.70. The predicted octanol–water partition coefficient (Wildman–Crippen LogP) is 2.91. The highest BCUT2D eigenvalue weighted by Crippen LogP contribution is 2.35. The maximum atomic E-state index is 12.8. The lowest BCUT2D eigenvalue weighted by atomic mass is 10.0. The summed E-state index contributed by atoms with van der Waals surface area (Å²) in [5.74, 6) is 0.863. The molecule has 1 aromatic carbocycles. The molecule has 0 saturated carbocycles. The molecule has 0 aromatic heterocycles. The third kappa shape index (κ3) is 3.12. The molecule has 1 N–H and O–H groups in total. The molecule has 104 valence electrons. The molecule has 0 spiro atoms. The maximum Gasteiger partial charge on any atom is 0.123 e. The van der Waals surface area contributed by atoms with Gasteiger partial charge in [0.15, 0.2) is 0 Å². The van der Waals surface area contributed by atoms with E-state index in [4.69, 9.17) is 0 Å². The lowest BCUT2D eigenvalue weighted by Crippen LogP contribution is -2.45. The summed E-state index contributed by atoms with van der Waals surface area (Å²) in [6.07, 6.45) is 4.28. The van der Waals surface area contributed by atoms with Crippen molar-refractivity contribution >= 4 is 11.8 Å². The number of fused-ring (bicyclic) bond motifs is 2. The highest BCUT2D eigenvalue weighted by Gasteiger charge is 2.39. The van der Waals surface area contributed by atoms with Crippen molar-refractivity contribution in [3.8, 4) is 0 Å². The van der Waals surface area contributed by atoms with Crippen molar-refractivity contribution in [1.82, 2.24) is 4.90 Å². The average Bonchev–Trinajstić information content (AvgIpc) is 2.64. The van der Waals surface area contributed by atoms with Gasteiger partial charge in [-0.2, -0.15) is 0 Å². The lowest BCUT2D eigenvalue weighted by molar-refractivity contribution is 0.0393. The fourth-order valence-corrected chi connectivity index (χ4v) is 4.28. The molecule has 2 nitrogen and oxygen atoms in total. The minimum Gasteiger partial charge on any atom is -0.393 e. The van der Waals surface area contributed by atoms with Gasteiger partial charge in [0.2, 0.25) is 0 Å². The van der Waals surface area contributed by atoms with E-state index >= 15 is 0 Å². The van der Waals surface area contributed by atoms with Crippen molar-refractivity contribution in [2.45, 2.75) is 48.8 Å². The van der Waals surface area contributed by atoms with Crippen LogP contribution in [0, 0.1) is 5.82 Å². The summed E-state index contributed by atoms with van der Waals surface area (Å²) in [6, 6.07) is 7.89. The number of piperidine rings is 1. The van der Waals surface area contributed by atoms with E-state index in [0.29, 0.717) is 12.1 Å². The molecule has 2 aliphatic heterocycles. The van der Waals surface area contributed by atoms with Crippen molar-refractivity contribution in [3.05, 3.63) is 30.1 Å². The van der Waals surface area contributed by atoms with Crippen molar-refractivity contribution in [2.24, 2.45) is 0 Å². The van der Waals surface area contributed by atoms with Crippen LogP contribution in [0.4, 0.5) is 4.39 Å². The number of benzene rings is 1. The second-order valence-electron chi connectivity index (χ2n) is 5.55. The molecule has 2 heterocycles. The van der Waals surface area contributed by atoms with E-state index in [1.165, 1.54) is 25.0 Å². The molecule has 0 aliphatic carbocycles. The molecule has 2 fully saturated rings. The second kappa shape index (κ2) is 5.81. The van der Waals surface area contributed by atoms with Crippen LogP contribution in [0.25, 0.3) is 0 Å². The highest BCUT2D eigenvalue weighted by molar-refractivity contribution is 7.99. The lowest BCUT2D eigenvalue weighted by Gasteiger charge is -2.37. The second-order valence-corrected chi connectivity index (χ2v) is 6.72. The summed E-state index contributed by atoms with van der Waals surface area (Å²) in [7, 11) is 0. The van der Waals surface area contributed by atoms with Gasteiger partial charge in [-0.1, -0.05) is 0 Å². The zero-order valence-corrected chi connectivity index (χ0v) is 11.8. The van der Waals surface area contributed by atoms with Gasteiger partial charge in [-0.05, 0) is 49.9 Å². The molecule has 2 atom stereocenters. The summed E-state index contributed by atoms with van der Waals surface area (Å²) >= 11 is 1.78. The third-order valence-electron chi connectivity index (χ3n) is 4.29. The molecule has 2 unspecified atom stereocenters. The summed E-state index contributed by atoms with van der Waals surface area (Å²) in [5.41, 5.74) is 0. The number of rotatable bonds is 4. The number of aliphatic hydroxyl groups excluding tert-OH is 1. The Morgan fingerprint density at radius 2 is 1.79 bits per heavy atom. The molecule has 4 heteroatoms. The highest BCUT2D eigenvalue weighted by atomic mass is 32.2. The van der Waals surface area contributed by atoms with Gasteiger partial charge >= 0.3 is 0 Å². The summed E-state index contributed by atoms with van der Waals surface area (Å²) < 4.78 is 12.8. The van der Waals surface area contributed by atoms with Crippen LogP contribution in [0.2, 0.25) is 0 Å². The Labute approximate surface area is 118 Å². The van der Waals surface area contributed by atoms with Crippen molar-refractivity contribution < 1.29 is 9.50 Å². The Morgan fingerprint density at radius 1 is 1.16 bits per heavy atom. The summed E-state index contributed by atoms with van der Waals surface area (Å²) in [5, 5.41) is 9.77. The number of aliphatic hydroxyl groups is 1. The number of hydrogen-bond acceptors (Lipinski definition) is 3. The minimum absolute atomic E-state index is 0.0847. The minimum atomic E-state index is -0.174. The fraction of sp³-hybridized carbons (Fsp3) is 0.600. The zero-order valence-electron chi connectivity index (χ0n) is 11.0. The number of halogens is 1. The van der Waals surface area contributed by atoms with Gasteiger partial charge in [-0.15, -0.1) is 11.8 Å². The molecule has 2 saturated heterocycles. The van der Waals surface area contributed by atoms with E-state index < -0.39 is 0 Å². The Bertz CT molecular complexity index is 411. The Balaban J connectivity index is 1.49. The SMILES string of the molecule is OC1CC2CCC(C1)N2CCSc1ccc(F)cc1. The standard InChI is InChI=1S/C15H20FNOS/c16-11-1-5-15(6-2-11)19-8-7-17-12-3-4-13(17)10-14(18)9-12/h1-2,5-6,12-14,18H,3-4,7-10H2. The van der Waals surface area contributed by atoms with E-state index in [-0.39, 0.29) is 11.9 Å². The van der Waals surface area contributed by atoms with Gasteiger partial charge in [0.05, 0.1) is 6.10 Å². The topological polar surface area (TPSA) is 23.5 Å². The van der Waals surface area contributed by atoms with Crippen LogP contribution in [0.1, 0.15) is 25.7 Å². The fourth-order valence-electron chi connectivity index (χ4n) is 3.41. The summed E-state index contributed by atoms with van der Waals surface area (Å²) in [6.45, 7) is 1.07. The van der Waals surface area contributed by atoms with Gasteiger partial charge in [-0.3, -0.25) is 4.90 Å². The first-order valence-electron chi connectivity index (χ1n) is 7.04. The van der Waals surface area contributed by atoms with E-state index in [2.05, 4.69) is 4.90 Å². The van der Waals surface area contributed by atoms with Crippen molar-refractivity contribution in [2.75, 3.05) is 12.3 Å². The van der Waals surface area contributed by atoms with E-state index in [0.717, 1.165) is 30.0 Å². The molecule has 0 amide bonds. The van der Waals surface area contributed by atoms with Gasteiger partial charge < -0.3 is 5.11 Å². The monoisotopic (exact) mass is 281 g/mol. The Morgan fingerprint density at radius 3 is 2.42 bits per heavy atom. The van der Waals surface area contributed by atoms with Crippen LogP contribution in [-0.2, 0) is 0 Å². The van der Waals surface area contributed by atoms with Gasteiger partial charge in [0.1, 0.15) is 5.82 Å². The third-order valence-corrected chi connectivity index (χ3v) is 5.28. The van der Waals surface area contributed by atoms with E-state index in [1.54, 1.807) is 11.8 Å². The smallest absolute Gasteiger partial charge is 0.123 e. The van der Waals surface area contributed by atoms with Crippen LogP contribution < -0.4 is 0 Å². The molecule has 19 heavy (non-hydrogen) atoms. The molecule has 0 radical (unpaired) electrons. The number of hydrogen-bond donors (Lipinski definition) is 1. The maximum absolute atomic E-state index is 12.8. The molecular formula is C15H20FNOS. The van der Waals surface area contributed by atoms with E-state index in [9.17, 15) is 9.50 Å². The average molecular weight is 281 g/mol. The Hall–Kier alpha value is -0.580. The van der Waals surface area contributed by atoms with Crippen LogP contribution in [0.15, 0.2) is 29.2 Å². The zero-order chi connectivity index (χ0) is 13.2. The molecular weight excluding hydrogens is 261 g/mol. The normalized spacial score (nSPS) is 30.7. The first-order chi connectivity index (χ1) is 9.22. The first kappa shape index (κ1) is 13.4. The number of thioether (sulfide) groups is 1. The van der Waals surface area contributed by atoms with Crippen molar-refractivity contribution in [1.29, 1.82) is 0 Å². The van der Waals surface area contributed by atoms with Crippen molar-refractivity contribution in [3.63, 3.8) is 0 Å². The van der Waals surface area contributed by atoms with Gasteiger partial charge in [0, 0.05) is 29.3 Å². The van der Waals surface area contributed by atoms with Crippen LogP contribution >= 0.6 is 11.8 Å². The van der Waals surface area contributed by atoms with Crippen LogP contribution in [-0.4, -0.2) is 40.5 Å². The molecule has 1 aromatic rings. The number of nitrogens with zero attached hydrogens (tertiary/aromatic N) is 1. The molecule has 2 aliphatic rings.